The molecule has 3 N–H and O–H groups in total. The summed E-state index contributed by atoms with van der Waals surface area (Å²) in [6.07, 6.45) is 8.26. The van der Waals surface area contributed by atoms with E-state index in [1.165, 1.54) is 19.4 Å². The summed E-state index contributed by atoms with van der Waals surface area (Å²) in [7, 11) is 5.36. The Morgan fingerprint density at radius 2 is 2.03 bits per heavy atom. The molecule has 39 heavy (non-hydrogen) atoms. The zero-order valence-electron chi connectivity index (χ0n) is 21.8. The number of hydrogen-bond acceptors (Lipinski definition) is 8. The molecule has 0 saturated heterocycles. The molecule has 0 aliphatic carbocycles. The maximum absolute atomic E-state index is 12.5. The highest BCUT2D eigenvalue weighted by Crippen LogP contribution is 2.37. The summed E-state index contributed by atoms with van der Waals surface area (Å²) in [4.78, 5) is 23.0. The Kier molecular flexibility index (Phi) is 8.94. The Labute approximate surface area is 232 Å². The Balaban J connectivity index is 1.63. The highest BCUT2D eigenvalue weighted by atomic mass is 35.5. The molecule has 0 atom stereocenters. The van der Waals surface area contributed by atoms with Crippen LogP contribution in [0.25, 0.3) is 10.9 Å². The van der Waals surface area contributed by atoms with E-state index in [2.05, 4.69) is 32.0 Å². The van der Waals surface area contributed by atoms with Crippen LogP contribution >= 0.6 is 11.6 Å². The van der Waals surface area contributed by atoms with Crippen molar-refractivity contribution in [1.29, 1.82) is 5.26 Å². The lowest BCUT2D eigenvalue weighted by Crippen LogP contribution is -2.13. The van der Waals surface area contributed by atoms with Crippen molar-refractivity contribution in [2.75, 3.05) is 43.7 Å². The standard InChI is InChI=1S/C29H28ClN7O2/c1-37(2)11-5-7-28(38)36-26-13-22-25(14-27(26)39-3)34-18-20(15-31)29(22)35-21-8-9-24(23(30)12-21)33-17-19-6-4-10-32-16-19/h4-10,12-14,16,18,33H,11,17H2,1-3H3,(H,34,35)(H,36,38)/b7-5+. The van der Waals surface area contributed by atoms with Gasteiger partial charge in [-0.1, -0.05) is 23.7 Å². The molecule has 2 heterocycles. The van der Waals surface area contributed by atoms with Gasteiger partial charge in [-0.3, -0.25) is 14.8 Å². The van der Waals surface area contributed by atoms with Crippen LogP contribution in [0.5, 0.6) is 5.75 Å². The summed E-state index contributed by atoms with van der Waals surface area (Å²) >= 11 is 6.57. The summed E-state index contributed by atoms with van der Waals surface area (Å²) in [5.41, 5.74) is 4.41. The van der Waals surface area contributed by atoms with Crippen molar-refractivity contribution in [3.8, 4) is 11.8 Å². The smallest absolute Gasteiger partial charge is 0.248 e. The van der Waals surface area contributed by atoms with Gasteiger partial charge >= 0.3 is 0 Å². The minimum Gasteiger partial charge on any atom is -0.494 e. The number of nitrogens with one attached hydrogen (secondary N) is 3. The summed E-state index contributed by atoms with van der Waals surface area (Å²) in [6, 6.07) is 15.0. The molecule has 0 aliphatic heterocycles. The van der Waals surface area contributed by atoms with Crippen LogP contribution in [-0.2, 0) is 11.3 Å². The highest BCUT2D eigenvalue weighted by molar-refractivity contribution is 6.33. The fourth-order valence-corrected chi connectivity index (χ4v) is 4.08. The van der Waals surface area contributed by atoms with Crippen LogP contribution in [0.4, 0.5) is 22.7 Å². The number of carbonyl (C=O) groups is 1. The van der Waals surface area contributed by atoms with Gasteiger partial charge in [0.1, 0.15) is 11.8 Å². The van der Waals surface area contributed by atoms with E-state index in [4.69, 9.17) is 16.3 Å². The number of nitrogens with zero attached hydrogens (tertiary/aromatic N) is 4. The first kappa shape index (κ1) is 27.4. The third-order valence-electron chi connectivity index (χ3n) is 5.75. The molecule has 0 unspecified atom stereocenters. The number of benzene rings is 2. The third kappa shape index (κ3) is 7.02. The maximum atomic E-state index is 12.5. The average Bonchev–Trinajstić information content (AvgIpc) is 2.93. The number of nitriles is 1. The van der Waals surface area contributed by atoms with E-state index in [9.17, 15) is 10.1 Å². The molecule has 4 aromatic rings. The van der Waals surface area contributed by atoms with Gasteiger partial charge in [0.05, 0.1) is 40.3 Å². The number of carbonyl (C=O) groups excluding carboxylic acids is 1. The van der Waals surface area contributed by atoms with E-state index in [1.54, 1.807) is 36.7 Å². The van der Waals surface area contributed by atoms with Crippen LogP contribution < -0.4 is 20.7 Å². The fraction of sp³-hybridized carbons (Fsp3) is 0.172. The van der Waals surface area contributed by atoms with E-state index >= 15 is 0 Å². The van der Waals surface area contributed by atoms with E-state index in [0.29, 0.717) is 57.4 Å². The largest absolute Gasteiger partial charge is 0.494 e. The zero-order chi connectivity index (χ0) is 27.8. The van der Waals surface area contributed by atoms with E-state index in [-0.39, 0.29) is 5.91 Å². The minimum absolute atomic E-state index is 0.297. The van der Waals surface area contributed by atoms with Crippen LogP contribution in [-0.4, -0.2) is 48.5 Å². The van der Waals surface area contributed by atoms with Crippen molar-refractivity contribution < 1.29 is 9.53 Å². The molecule has 0 aliphatic rings. The normalized spacial score (nSPS) is 11.0. The van der Waals surface area contributed by atoms with Gasteiger partial charge in [0.2, 0.25) is 5.91 Å². The van der Waals surface area contributed by atoms with Crippen molar-refractivity contribution in [3.63, 3.8) is 0 Å². The number of anilines is 4. The molecule has 0 saturated carbocycles. The van der Waals surface area contributed by atoms with Crippen molar-refractivity contribution in [1.82, 2.24) is 14.9 Å². The summed E-state index contributed by atoms with van der Waals surface area (Å²) in [5.74, 6) is 0.154. The second kappa shape index (κ2) is 12.7. The molecular weight excluding hydrogens is 514 g/mol. The van der Waals surface area contributed by atoms with Crippen LogP contribution in [0.3, 0.4) is 0 Å². The fourth-order valence-electron chi connectivity index (χ4n) is 3.83. The van der Waals surface area contributed by atoms with Crippen LogP contribution in [0, 0.1) is 11.3 Å². The molecule has 4 rings (SSSR count). The molecule has 2 aromatic carbocycles. The van der Waals surface area contributed by atoms with Gasteiger partial charge < -0.3 is 25.6 Å². The van der Waals surface area contributed by atoms with Gasteiger partial charge in [0.25, 0.3) is 0 Å². The second-order valence-corrected chi connectivity index (χ2v) is 9.32. The third-order valence-corrected chi connectivity index (χ3v) is 6.06. The van der Waals surface area contributed by atoms with Crippen LogP contribution in [0.2, 0.25) is 5.02 Å². The maximum Gasteiger partial charge on any atom is 0.248 e. The molecule has 0 radical (unpaired) electrons. The number of likely N-dealkylation sites (N-methyl/N-ethyl adjacent to an activating group) is 1. The van der Waals surface area contributed by atoms with E-state index < -0.39 is 0 Å². The predicted molar refractivity (Wildman–Crippen MR) is 156 cm³/mol. The average molecular weight is 542 g/mol. The van der Waals surface area contributed by atoms with E-state index in [0.717, 1.165) is 11.3 Å². The van der Waals surface area contributed by atoms with Gasteiger partial charge in [0.15, 0.2) is 0 Å². The number of hydrogen-bond donors (Lipinski definition) is 3. The van der Waals surface area contributed by atoms with Crippen molar-refractivity contribution in [2.45, 2.75) is 6.54 Å². The number of halogens is 1. The lowest BCUT2D eigenvalue weighted by molar-refractivity contribution is -0.111. The first-order chi connectivity index (χ1) is 18.9. The Bertz CT molecular complexity index is 1550. The number of amides is 1. The van der Waals surface area contributed by atoms with Gasteiger partial charge in [0, 0.05) is 54.9 Å². The number of fused-ring (bicyclic) bond motifs is 1. The Morgan fingerprint density at radius 3 is 2.72 bits per heavy atom. The summed E-state index contributed by atoms with van der Waals surface area (Å²) in [5, 5.41) is 20.4. The van der Waals surface area contributed by atoms with Crippen LogP contribution in [0.1, 0.15) is 11.1 Å². The number of methoxy groups -OCH3 is 1. The SMILES string of the molecule is COc1cc2ncc(C#N)c(Nc3ccc(NCc4cccnc4)c(Cl)c3)c2cc1NC(=O)/C=C/CN(C)C. The van der Waals surface area contributed by atoms with Gasteiger partial charge in [-0.2, -0.15) is 5.26 Å². The number of ether oxygens (including phenoxy) is 1. The summed E-state index contributed by atoms with van der Waals surface area (Å²) < 4.78 is 5.49. The second-order valence-electron chi connectivity index (χ2n) is 8.92. The van der Waals surface area contributed by atoms with Gasteiger partial charge in [-0.15, -0.1) is 0 Å². The topological polar surface area (TPSA) is 115 Å². The molecule has 0 spiro atoms. The molecule has 0 bridgehead atoms. The molecule has 0 fully saturated rings. The molecular formula is C29H28ClN7O2. The van der Waals surface area contributed by atoms with Crippen molar-refractivity contribution in [3.05, 3.63) is 89.4 Å². The van der Waals surface area contributed by atoms with E-state index in [1.807, 2.05) is 43.3 Å². The van der Waals surface area contributed by atoms with Gasteiger partial charge in [-0.25, -0.2) is 0 Å². The quantitative estimate of drug-likeness (QED) is 0.223. The Morgan fingerprint density at radius 1 is 1.18 bits per heavy atom. The number of rotatable bonds is 10. The lowest BCUT2D eigenvalue weighted by atomic mass is 10.1. The van der Waals surface area contributed by atoms with Crippen molar-refractivity contribution >= 4 is 51.2 Å². The highest BCUT2D eigenvalue weighted by Gasteiger charge is 2.15. The summed E-state index contributed by atoms with van der Waals surface area (Å²) in [6.45, 7) is 1.21. The molecule has 1 amide bonds. The first-order valence-electron chi connectivity index (χ1n) is 12.1. The van der Waals surface area contributed by atoms with Crippen LogP contribution in [0.15, 0.2) is 73.2 Å². The monoisotopic (exact) mass is 541 g/mol. The number of pyridine rings is 2. The Hall–Kier alpha value is -4.65. The predicted octanol–water partition coefficient (Wildman–Crippen LogP) is 5.58. The molecule has 198 valence electrons. The molecule has 2 aromatic heterocycles. The molecule has 9 nitrogen and oxygen atoms in total. The van der Waals surface area contributed by atoms with Gasteiger partial charge in [-0.05, 0) is 50.0 Å². The number of aromatic nitrogens is 2. The van der Waals surface area contributed by atoms with Crippen molar-refractivity contribution in [2.24, 2.45) is 0 Å². The zero-order valence-corrected chi connectivity index (χ0v) is 22.6. The lowest BCUT2D eigenvalue weighted by Gasteiger charge is -2.16. The minimum atomic E-state index is -0.297. The first-order valence-corrected chi connectivity index (χ1v) is 12.5. The molecule has 10 heteroatoms.